The second-order valence-corrected chi connectivity index (χ2v) is 8.10. The molecule has 0 amide bonds. The molecular weight excluding hydrogens is 470 g/mol. The molecule has 9 nitrogen and oxygen atoms in total. The molecule has 3 N–H and O–H groups in total. The number of hydrogen-bond donors (Lipinski definition) is 2. The summed E-state index contributed by atoms with van der Waals surface area (Å²) in [7, 11) is 1.51. The summed E-state index contributed by atoms with van der Waals surface area (Å²) >= 11 is 0. The van der Waals surface area contributed by atoms with Gasteiger partial charge in [0.15, 0.2) is 11.5 Å². The fourth-order valence-electron chi connectivity index (χ4n) is 3.90. The lowest BCUT2D eigenvalue weighted by molar-refractivity contribution is 0.0697. The van der Waals surface area contributed by atoms with Crippen molar-refractivity contribution in [2.45, 2.75) is 12.8 Å². The van der Waals surface area contributed by atoms with Crippen LogP contribution in [-0.2, 0) is 6.61 Å². The van der Waals surface area contributed by atoms with E-state index in [1.165, 1.54) is 24.3 Å². The van der Waals surface area contributed by atoms with Gasteiger partial charge in [0, 0.05) is 5.56 Å². The molecule has 0 radical (unpaired) electrons. The molecular formula is C28H23N5O4. The molecule has 3 aromatic rings. The summed E-state index contributed by atoms with van der Waals surface area (Å²) in [5, 5.41) is 35.0. The van der Waals surface area contributed by atoms with Gasteiger partial charge in [-0.2, -0.15) is 15.6 Å². The van der Waals surface area contributed by atoms with Crippen LogP contribution in [0.25, 0.3) is 6.08 Å². The number of carboxylic acids is 1. The Hall–Kier alpha value is -5.12. The number of carbonyl (C=O) groups is 1. The summed E-state index contributed by atoms with van der Waals surface area (Å²) in [6, 6.07) is 25.1. The fraction of sp³-hybridized carbons (Fsp3) is 0.143. The maximum atomic E-state index is 11.1. The molecule has 0 saturated carbocycles. The van der Waals surface area contributed by atoms with Gasteiger partial charge in [-0.1, -0.05) is 42.5 Å². The van der Waals surface area contributed by atoms with Crippen LogP contribution in [0.5, 0.6) is 11.5 Å². The van der Waals surface area contributed by atoms with Crippen molar-refractivity contribution in [3.63, 3.8) is 0 Å². The number of methoxy groups -OCH3 is 1. The highest BCUT2D eigenvalue weighted by Crippen LogP contribution is 2.35. The van der Waals surface area contributed by atoms with E-state index in [0.29, 0.717) is 22.7 Å². The molecule has 184 valence electrons. The van der Waals surface area contributed by atoms with Gasteiger partial charge in [0.25, 0.3) is 0 Å². The van der Waals surface area contributed by atoms with Crippen LogP contribution in [0.4, 0.5) is 5.69 Å². The summed E-state index contributed by atoms with van der Waals surface area (Å²) in [5.74, 6) is -1.00. The summed E-state index contributed by atoms with van der Waals surface area (Å²) in [6.07, 6.45) is 0.837. The van der Waals surface area contributed by atoms with Crippen molar-refractivity contribution < 1.29 is 19.4 Å². The summed E-state index contributed by atoms with van der Waals surface area (Å²) in [5.41, 5.74) is 8.95. The second-order valence-electron chi connectivity index (χ2n) is 8.10. The summed E-state index contributed by atoms with van der Waals surface area (Å²) < 4.78 is 11.5. The molecule has 4 rings (SSSR count). The average Bonchev–Trinajstić information content (AvgIpc) is 3.27. The number of ether oxygens (including phenoxy) is 2. The van der Waals surface area contributed by atoms with Gasteiger partial charge in [0.1, 0.15) is 24.8 Å². The normalized spacial score (nSPS) is 16.9. The molecule has 2 atom stereocenters. The SMILES string of the molecule is COc1cccc(/C=C(/C#N)C2=NN(c3ccccc3)[C@H](N)[C@@H]2C#N)c1OCc1ccc(C(=O)O)cc1. The van der Waals surface area contributed by atoms with Gasteiger partial charge >= 0.3 is 5.97 Å². The Morgan fingerprint density at radius 2 is 1.84 bits per heavy atom. The summed E-state index contributed by atoms with van der Waals surface area (Å²) in [4.78, 5) is 11.1. The molecule has 0 aromatic heterocycles. The fourth-order valence-corrected chi connectivity index (χ4v) is 3.90. The topological polar surface area (TPSA) is 145 Å². The van der Waals surface area contributed by atoms with Crippen LogP contribution in [0, 0.1) is 28.6 Å². The number of para-hydroxylation sites is 2. The first kappa shape index (κ1) is 25.0. The number of hydrazone groups is 1. The van der Waals surface area contributed by atoms with Crippen molar-refractivity contribution in [1.29, 1.82) is 10.5 Å². The standard InChI is InChI=1S/C28H23N5O4/c1-36-24-9-5-6-20(26(24)37-17-18-10-12-19(13-11-18)28(34)35)14-21(15-29)25-23(16-30)27(31)33(32-25)22-7-3-2-4-8-22/h2-14,23,27H,17,31H2,1H3,(H,34,35)/b21-14-/t23-,27+/m1/s1. The van der Waals surface area contributed by atoms with Crippen LogP contribution in [0.1, 0.15) is 21.5 Å². The van der Waals surface area contributed by atoms with Gasteiger partial charge in [-0.3, -0.25) is 0 Å². The highest BCUT2D eigenvalue weighted by molar-refractivity contribution is 6.12. The molecule has 1 aliphatic rings. The van der Waals surface area contributed by atoms with Crippen LogP contribution in [0.2, 0.25) is 0 Å². The number of nitrogens with two attached hydrogens (primary N) is 1. The summed E-state index contributed by atoms with van der Waals surface area (Å²) in [6.45, 7) is 0.136. The van der Waals surface area contributed by atoms with Crippen molar-refractivity contribution in [3.05, 3.63) is 95.1 Å². The van der Waals surface area contributed by atoms with E-state index in [1.807, 2.05) is 30.3 Å². The first-order chi connectivity index (χ1) is 18.0. The van der Waals surface area contributed by atoms with Gasteiger partial charge in [0.05, 0.1) is 35.7 Å². The molecule has 0 aliphatic carbocycles. The lowest BCUT2D eigenvalue weighted by Gasteiger charge is -2.21. The molecule has 0 unspecified atom stereocenters. The number of anilines is 1. The first-order valence-electron chi connectivity index (χ1n) is 11.3. The van der Waals surface area contributed by atoms with Crippen LogP contribution < -0.4 is 20.2 Å². The van der Waals surface area contributed by atoms with E-state index in [0.717, 1.165) is 5.56 Å². The van der Waals surface area contributed by atoms with Gasteiger partial charge in [-0.05, 0) is 42.0 Å². The Kier molecular flexibility index (Phi) is 7.48. The van der Waals surface area contributed by atoms with E-state index in [2.05, 4.69) is 17.2 Å². The molecule has 37 heavy (non-hydrogen) atoms. The molecule has 0 fully saturated rings. The Labute approximate surface area is 213 Å². The lowest BCUT2D eigenvalue weighted by Crippen LogP contribution is -2.40. The second kappa shape index (κ2) is 11.1. The molecule has 0 saturated heterocycles. The quantitative estimate of drug-likeness (QED) is 0.445. The highest BCUT2D eigenvalue weighted by atomic mass is 16.5. The van der Waals surface area contributed by atoms with Gasteiger partial charge in [0.2, 0.25) is 0 Å². The van der Waals surface area contributed by atoms with E-state index in [9.17, 15) is 15.3 Å². The van der Waals surface area contributed by atoms with E-state index in [4.69, 9.17) is 20.3 Å². The zero-order chi connectivity index (χ0) is 26.4. The minimum Gasteiger partial charge on any atom is -0.493 e. The smallest absolute Gasteiger partial charge is 0.335 e. The third kappa shape index (κ3) is 5.27. The Bertz CT molecular complexity index is 1440. The first-order valence-corrected chi connectivity index (χ1v) is 11.3. The van der Waals surface area contributed by atoms with Crippen molar-refractivity contribution >= 4 is 23.4 Å². The molecule has 1 aliphatic heterocycles. The zero-order valence-corrected chi connectivity index (χ0v) is 19.9. The monoisotopic (exact) mass is 493 g/mol. The van der Waals surface area contributed by atoms with Crippen molar-refractivity contribution in [3.8, 4) is 23.6 Å². The molecule has 3 aromatic carbocycles. The Morgan fingerprint density at radius 3 is 2.46 bits per heavy atom. The minimum absolute atomic E-state index is 0.136. The predicted molar refractivity (Wildman–Crippen MR) is 138 cm³/mol. The number of allylic oxidation sites excluding steroid dienone is 1. The maximum Gasteiger partial charge on any atom is 0.335 e. The largest absolute Gasteiger partial charge is 0.493 e. The molecule has 9 heteroatoms. The Balaban J connectivity index is 1.68. The Morgan fingerprint density at radius 1 is 1.11 bits per heavy atom. The highest BCUT2D eigenvalue weighted by Gasteiger charge is 2.37. The molecule has 0 spiro atoms. The number of rotatable bonds is 8. The van der Waals surface area contributed by atoms with Crippen LogP contribution in [0.3, 0.4) is 0 Å². The number of aromatic carboxylic acids is 1. The van der Waals surface area contributed by atoms with E-state index in [1.54, 1.807) is 36.4 Å². The van der Waals surface area contributed by atoms with Crippen molar-refractivity contribution in [2.75, 3.05) is 12.1 Å². The van der Waals surface area contributed by atoms with Gasteiger partial charge < -0.3 is 20.3 Å². The maximum absolute atomic E-state index is 11.1. The van der Waals surface area contributed by atoms with Gasteiger partial charge in [-0.25, -0.2) is 9.80 Å². The third-order valence-electron chi connectivity index (χ3n) is 5.80. The van der Waals surface area contributed by atoms with Crippen LogP contribution in [-0.4, -0.2) is 30.1 Å². The predicted octanol–water partition coefficient (Wildman–Crippen LogP) is 4.18. The van der Waals surface area contributed by atoms with E-state index in [-0.39, 0.29) is 23.5 Å². The number of nitriles is 2. The zero-order valence-electron chi connectivity index (χ0n) is 19.9. The van der Waals surface area contributed by atoms with E-state index >= 15 is 0 Å². The number of carboxylic acid groups (broad SMARTS) is 1. The lowest BCUT2D eigenvalue weighted by atomic mass is 9.95. The molecule has 1 heterocycles. The van der Waals surface area contributed by atoms with Crippen LogP contribution in [0.15, 0.2) is 83.5 Å². The number of nitrogens with zero attached hydrogens (tertiary/aromatic N) is 4. The third-order valence-corrected chi connectivity index (χ3v) is 5.80. The average molecular weight is 494 g/mol. The van der Waals surface area contributed by atoms with E-state index < -0.39 is 18.1 Å². The molecule has 0 bridgehead atoms. The number of benzene rings is 3. The van der Waals surface area contributed by atoms with Crippen LogP contribution >= 0.6 is 0 Å². The number of hydrogen-bond acceptors (Lipinski definition) is 8. The minimum atomic E-state index is -1.01. The van der Waals surface area contributed by atoms with Crippen molar-refractivity contribution in [2.24, 2.45) is 16.8 Å². The van der Waals surface area contributed by atoms with Gasteiger partial charge in [-0.15, -0.1) is 0 Å². The van der Waals surface area contributed by atoms with Crippen molar-refractivity contribution in [1.82, 2.24) is 0 Å².